The van der Waals surface area contributed by atoms with Crippen molar-refractivity contribution in [1.82, 2.24) is 0 Å². The molecule has 2 rings (SSSR count). The van der Waals surface area contributed by atoms with Crippen LogP contribution in [0.1, 0.15) is 13.8 Å². The molecule has 2 aliphatic heterocycles. The van der Waals surface area contributed by atoms with Gasteiger partial charge in [0.1, 0.15) is 11.8 Å². The third-order valence-corrected chi connectivity index (χ3v) is 8.26. The summed E-state index contributed by atoms with van der Waals surface area (Å²) in [5, 5.41) is 16.4. The van der Waals surface area contributed by atoms with Gasteiger partial charge in [-0.05, 0) is 35.4 Å². The van der Waals surface area contributed by atoms with Crippen molar-refractivity contribution in [1.29, 1.82) is 0 Å². The highest BCUT2D eigenvalue weighted by atomic mass is 33.1. The number of hydrogen-bond acceptors (Lipinski definition) is 8. The molecule has 2 atom stereocenters. The molecule has 2 aliphatic rings. The lowest BCUT2D eigenvalue weighted by molar-refractivity contribution is 0.895. The van der Waals surface area contributed by atoms with Gasteiger partial charge in [-0.2, -0.15) is 20.5 Å². The van der Waals surface area contributed by atoms with Crippen molar-refractivity contribution in [3.63, 3.8) is 0 Å². The monoisotopic (exact) mass is 266 g/mol. The molecule has 0 amide bonds. The van der Waals surface area contributed by atoms with Gasteiger partial charge >= 0.3 is 0 Å². The molecule has 0 aromatic carbocycles. The smallest absolute Gasteiger partial charge is 0.181 e. The number of azo groups is 2. The third kappa shape index (κ3) is 2.59. The van der Waals surface area contributed by atoms with Crippen LogP contribution >= 0.6 is 45.1 Å². The Morgan fingerprint density at radius 3 is 1.64 bits per heavy atom. The molecule has 0 bridgehead atoms. The van der Waals surface area contributed by atoms with Crippen LogP contribution in [0.5, 0.6) is 0 Å². The molecule has 0 spiro atoms. The van der Waals surface area contributed by atoms with Crippen molar-refractivity contribution in [3.05, 3.63) is 0 Å². The van der Waals surface area contributed by atoms with Gasteiger partial charge in [0.25, 0.3) is 0 Å². The molecule has 0 saturated carbocycles. The summed E-state index contributed by atoms with van der Waals surface area (Å²) in [6.07, 6.45) is 0. The van der Waals surface area contributed by atoms with Crippen molar-refractivity contribution < 1.29 is 0 Å². The summed E-state index contributed by atoms with van der Waals surface area (Å²) in [6, 6.07) is 0. The van der Waals surface area contributed by atoms with Gasteiger partial charge in [0.15, 0.2) is 8.41 Å². The fraction of sp³-hybridized carbons (Fsp3) is 1.00. The first-order valence-electron chi connectivity index (χ1n) is 4.04. The van der Waals surface area contributed by atoms with Crippen molar-refractivity contribution in [3.8, 4) is 0 Å². The Kier molecular flexibility index (Phi) is 3.35. The summed E-state index contributed by atoms with van der Waals surface area (Å²) in [6.45, 7) is 4.18. The number of hydrogen-bond donors (Lipinski definition) is 0. The molecule has 2 heterocycles. The fourth-order valence-electron chi connectivity index (χ4n) is 0.906. The Labute approximate surface area is 99.3 Å². The van der Waals surface area contributed by atoms with Crippen LogP contribution in [0.4, 0.5) is 0 Å². The lowest BCUT2D eigenvalue weighted by atomic mass is 10.8. The van der Waals surface area contributed by atoms with Gasteiger partial charge in [-0.1, -0.05) is 23.5 Å². The van der Waals surface area contributed by atoms with Crippen LogP contribution in [0.15, 0.2) is 20.5 Å². The average molecular weight is 266 g/mol. The molecule has 0 N–H and O–H groups in total. The molecule has 8 heteroatoms. The topological polar surface area (TPSA) is 49.4 Å². The highest BCUT2D eigenvalue weighted by molar-refractivity contribution is 8.80. The average Bonchev–Trinajstić information content (AvgIpc) is 2.74. The van der Waals surface area contributed by atoms with E-state index in [9.17, 15) is 0 Å². The van der Waals surface area contributed by atoms with Gasteiger partial charge in [0.05, 0.1) is 0 Å². The van der Waals surface area contributed by atoms with E-state index in [0.29, 0.717) is 0 Å². The van der Waals surface area contributed by atoms with Crippen LogP contribution in [-0.4, -0.2) is 20.2 Å². The highest BCUT2D eigenvalue weighted by Crippen LogP contribution is 2.56. The quantitative estimate of drug-likeness (QED) is 0.724. The maximum absolute atomic E-state index is 4.21. The van der Waals surface area contributed by atoms with Crippen LogP contribution in [0.3, 0.4) is 0 Å². The Morgan fingerprint density at radius 2 is 1.36 bits per heavy atom. The highest BCUT2D eigenvalue weighted by Gasteiger charge is 2.36. The molecule has 0 aliphatic carbocycles. The number of rotatable bonds is 3. The first-order valence-corrected chi connectivity index (χ1v) is 8.16. The van der Waals surface area contributed by atoms with E-state index in [2.05, 4.69) is 34.3 Å². The van der Waals surface area contributed by atoms with Gasteiger partial charge in [0, 0.05) is 0 Å². The first kappa shape index (κ1) is 11.1. The van der Waals surface area contributed by atoms with Crippen molar-refractivity contribution in [2.45, 2.75) is 22.3 Å². The Hall–Kier alpha value is 0.600. The largest absolute Gasteiger partial charge is 0.181 e. The maximum atomic E-state index is 4.21. The summed E-state index contributed by atoms with van der Waals surface area (Å²) in [4.78, 5) is 0. The Bertz CT molecular complexity index is 255. The molecule has 14 heavy (non-hydrogen) atoms. The van der Waals surface area contributed by atoms with E-state index in [-0.39, 0.29) is 8.41 Å². The molecular formula is C6H10N4S4. The van der Waals surface area contributed by atoms with Gasteiger partial charge in [0.2, 0.25) is 0 Å². The molecule has 0 radical (unpaired) electrons. The molecule has 0 fully saturated rings. The Morgan fingerprint density at radius 1 is 0.929 bits per heavy atom. The summed E-state index contributed by atoms with van der Waals surface area (Å²) in [5.74, 6) is 1.55. The van der Waals surface area contributed by atoms with E-state index >= 15 is 0 Å². The SMILES string of the molecule is CC1(SSC2(C)N=NCS2)N=NCS1. The van der Waals surface area contributed by atoms with Crippen LogP contribution in [-0.2, 0) is 0 Å². The van der Waals surface area contributed by atoms with Gasteiger partial charge in [-0.3, -0.25) is 0 Å². The predicted octanol–water partition coefficient (Wildman–Crippen LogP) is 4.03. The third-order valence-electron chi connectivity index (χ3n) is 1.64. The first-order chi connectivity index (χ1) is 6.62. The van der Waals surface area contributed by atoms with Crippen LogP contribution in [0, 0.1) is 0 Å². The fourth-order valence-corrected chi connectivity index (χ4v) is 5.65. The minimum absolute atomic E-state index is 0.133. The summed E-state index contributed by atoms with van der Waals surface area (Å²) in [7, 11) is 3.45. The van der Waals surface area contributed by atoms with Crippen molar-refractivity contribution in [2.75, 3.05) is 11.8 Å². The van der Waals surface area contributed by atoms with E-state index in [4.69, 9.17) is 0 Å². The second kappa shape index (κ2) is 4.23. The molecule has 2 unspecified atom stereocenters. The van der Waals surface area contributed by atoms with Crippen molar-refractivity contribution >= 4 is 45.1 Å². The normalized spacial score (nSPS) is 41.0. The van der Waals surface area contributed by atoms with Crippen LogP contribution in [0.25, 0.3) is 0 Å². The number of thioether (sulfide) groups is 2. The molecule has 4 nitrogen and oxygen atoms in total. The molecule has 78 valence electrons. The summed E-state index contributed by atoms with van der Waals surface area (Å²) >= 11 is 3.51. The van der Waals surface area contributed by atoms with E-state index in [1.54, 1.807) is 45.1 Å². The zero-order chi connectivity index (χ0) is 10.1. The van der Waals surface area contributed by atoms with E-state index < -0.39 is 0 Å². The lowest BCUT2D eigenvalue weighted by Crippen LogP contribution is -2.11. The minimum Gasteiger partial charge on any atom is -0.181 e. The summed E-state index contributed by atoms with van der Waals surface area (Å²) in [5.41, 5.74) is 0. The predicted molar refractivity (Wildman–Crippen MR) is 66.6 cm³/mol. The van der Waals surface area contributed by atoms with Crippen molar-refractivity contribution in [2.24, 2.45) is 20.5 Å². The summed E-state index contributed by atoms with van der Waals surface area (Å²) < 4.78 is -0.265. The standard InChI is InChI=1S/C6H10N4S4/c1-5(9-7-3-11-5)13-14-6(2)10-8-4-12-6/h3-4H2,1-2H3. The maximum Gasteiger partial charge on any atom is 0.181 e. The molecular weight excluding hydrogens is 256 g/mol. The molecule has 0 aromatic rings. The molecule has 0 saturated heterocycles. The van der Waals surface area contributed by atoms with E-state index in [1.807, 2.05) is 0 Å². The second-order valence-corrected chi connectivity index (χ2v) is 9.12. The zero-order valence-electron chi connectivity index (χ0n) is 7.84. The Balaban J connectivity index is 1.87. The van der Waals surface area contributed by atoms with Gasteiger partial charge in [-0.25, -0.2) is 0 Å². The lowest BCUT2D eigenvalue weighted by Gasteiger charge is -2.21. The second-order valence-electron chi connectivity index (χ2n) is 2.99. The van der Waals surface area contributed by atoms with E-state index in [1.165, 1.54) is 0 Å². The minimum atomic E-state index is -0.133. The number of nitrogens with zero attached hydrogens (tertiary/aromatic N) is 4. The van der Waals surface area contributed by atoms with E-state index in [0.717, 1.165) is 11.8 Å². The van der Waals surface area contributed by atoms with Crippen LogP contribution < -0.4 is 0 Å². The van der Waals surface area contributed by atoms with Gasteiger partial charge < -0.3 is 0 Å². The van der Waals surface area contributed by atoms with Gasteiger partial charge in [-0.15, -0.1) is 0 Å². The zero-order valence-corrected chi connectivity index (χ0v) is 11.1. The van der Waals surface area contributed by atoms with Crippen LogP contribution in [0.2, 0.25) is 0 Å². The molecule has 0 aromatic heterocycles.